The van der Waals surface area contributed by atoms with Crippen molar-refractivity contribution in [2.75, 3.05) is 32.4 Å². The van der Waals surface area contributed by atoms with Gasteiger partial charge in [-0.15, -0.1) is 11.3 Å². The molecule has 0 spiro atoms. The summed E-state index contributed by atoms with van der Waals surface area (Å²) in [6.07, 6.45) is 3.79. The first-order valence-corrected chi connectivity index (χ1v) is 10.7. The maximum atomic E-state index is 12.5. The predicted molar refractivity (Wildman–Crippen MR) is 96.7 cm³/mol. The normalized spacial score (nSPS) is 16.6. The SMILES string of the molecule is CS(=O)(=O)N1CCCN(C(=O)Cc2csc(-c3ccccn3)n2)CC1. The number of pyridine rings is 1. The number of carbonyl (C=O) groups is 1. The van der Waals surface area contributed by atoms with Gasteiger partial charge in [0.25, 0.3) is 0 Å². The molecule has 25 heavy (non-hydrogen) atoms. The maximum Gasteiger partial charge on any atom is 0.228 e. The average Bonchev–Trinajstić information content (AvgIpc) is 2.89. The molecule has 1 saturated heterocycles. The summed E-state index contributed by atoms with van der Waals surface area (Å²) in [4.78, 5) is 23.0. The second kappa shape index (κ2) is 7.59. The highest BCUT2D eigenvalue weighted by Crippen LogP contribution is 2.22. The molecule has 1 aliphatic rings. The van der Waals surface area contributed by atoms with Gasteiger partial charge in [0.15, 0.2) is 0 Å². The molecular weight excluding hydrogens is 360 g/mol. The van der Waals surface area contributed by atoms with Crippen LogP contribution in [-0.4, -0.2) is 65.9 Å². The van der Waals surface area contributed by atoms with E-state index in [9.17, 15) is 13.2 Å². The van der Waals surface area contributed by atoms with Crippen LogP contribution in [0.5, 0.6) is 0 Å². The Hall–Kier alpha value is -1.84. The Kier molecular flexibility index (Phi) is 5.45. The first-order valence-electron chi connectivity index (χ1n) is 8.02. The van der Waals surface area contributed by atoms with Gasteiger partial charge in [-0.05, 0) is 18.6 Å². The summed E-state index contributed by atoms with van der Waals surface area (Å²) >= 11 is 1.47. The van der Waals surface area contributed by atoms with Gasteiger partial charge in [-0.3, -0.25) is 9.78 Å². The summed E-state index contributed by atoms with van der Waals surface area (Å²) in [5.41, 5.74) is 1.52. The molecule has 1 aliphatic heterocycles. The van der Waals surface area contributed by atoms with Crippen LogP contribution in [0.15, 0.2) is 29.8 Å². The van der Waals surface area contributed by atoms with E-state index < -0.39 is 10.0 Å². The number of thiazole rings is 1. The molecule has 134 valence electrons. The fraction of sp³-hybridized carbons (Fsp3) is 0.438. The van der Waals surface area contributed by atoms with Crippen molar-refractivity contribution >= 4 is 27.3 Å². The van der Waals surface area contributed by atoms with Crippen molar-refractivity contribution in [2.45, 2.75) is 12.8 Å². The van der Waals surface area contributed by atoms with Crippen molar-refractivity contribution in [1.29, 1.82) is 0 Å². The number of hydrogen-bond acceptors (Lipinski definition) is 6. The molecule has 7 nitrogen and oxygen atoms in total. The third-order valence-corrected chi connectivity index (χ3v) is 6.26. The van der Waals surface area contributed by atoms with E-state index in [1.54, 1.807) is 11.1 Å². The third-order valence-electron chi connectivity index (χ3n) is 4.04. The van der Waals surface area contributed by atoms with Crippen molar-refractivity contribution in [2.24, 2.45) is 0 Å². The number of sulfonamides is 1. The smallest absolute Gasteiger partial charge is 0.228 e. The second-order valence-electron chi connectivity index (χ2n) is 5.93. The number of nitrogens with zero attached hydrogens (tertiary/aromatic N) is 4. The lowest BCUT2D eigenvalue weighted by molar-refractivity contribution is -0.130. The van der Waals surface area contributed by atoms with Gasteiger partial charge in [0.1, 0.15) is 5.01 Å². The summed E-state index contributed by atoms with van der Waals surface area (Å²) in [7, 11) is -3.21. The number of carbonyl (C=O) groups excluding carboxylic acids is 1. The highest BCUT2D eigenvalue weighted by Gasteiger charge is 2.24. The molecule has 3 rings (SSSR count). The molecule has 9 heteroatoms. The molecule has 0 aromatic carbocycles. The molecule has 2 aromatic rings. The van der Waals surface area contributed by atoms with Crippen molar-refractivity contribution in [1.82, 2.24) is 19.2 Å². The molecule has 1 amide bonds. The largest absolute Gasteiger partial charge is 0.341 e. The fourth-order valence-electron chi connectivity index (χ4n) is 2.74. The maximum absolute atomic E-state index is 12.5. The molecule has 0 saturated carbocycles. The third kappa shape index (κ3) is 4.62. The van der Waals surface area contributed by atoms with E-state index in [1.807, 2.05) is 23.6 Å². The van der Waals surface area contributed by atoms with E-state index in [-0.39, 0.29) is 12.3 Å². The van der Waals surface area contributed by atoms with Crippen molar-refractivity contribution in [3.05, 3.63) is 35.5 Å². The number of rotatable bonds is 4. The van der Waals surface area contributed by atoms with Crippen LogP contribution in [0.1, 0.15) is 12.1 Å². The lowest BCUT2D eigenvalue weighted by Crippen LogP contribution is -2.37. The minimum Gasteiger partial charge on any atom is -0.341 e. The Morgan fingerprint density at radius 2 is 2.08 bits per heavy atom. The standard InChI is InChI=1S/C16H20N4O3S2/c1-25(22,23)20-8-4-7-19(9-10-20)15(21)11-13-12-24-16(18-13)14-5-2-3-6-17-14/h2-3,5-6,12H,4,7-11H2,1H3. The summed E-state index contributed by atoms with van der Waals surface area (Å²) in [6.45, 7) is 1.80. The highest BCUT2D eigenvalue weighted by molar-refractivity contribution is 7.88. The number of hydrogen-bond donors (Lipinski definition) is 0. The summed E-state index contributed by atoms with van der Waals surface area (Å²) in [6, 6.07) is 5.64. The van der Waals surface area contributed by atoms with Gasteiger partial charge in [-0.1, -0.05) is 6.07 Å². The van der Waals surface area contributed by atoms with Crippen LogP contribution in [0, 0.1) is 0 Å². The van der Waals surface area contributed by atoms with Crippen LogP contribution in [0.25, 0.3) is 10.7 Å². The van der Waals surface area contributed by atoms with Gasteiger partial charge >= 0.3 is 0 Å². The van der Waals surface area contributed by atoms with E-state index >= 15 is 0 Å². The van der Waals surface area contributed by atoms with Gasteiger partial charge in [-0.25, -0.2) is 17.7 Å². The molecule has 0 radical (unpaired) electrons. The first-order chi connectivity index (χ1) is 11.9. The Morgan fingerprint density at radius 3 is 2.80 bits per heavy atom. The van der Waals surface area contributed by atoms with Crippen LogP contribution in [0.2, 0.25) is 0 Å². The lowest BCUT2D eigenvalue weighted by Gasteiger charge is -2.20. The Morgan fingerprint density at radius 1 is 1.24 bits per heavy atom. The van der Waals surface area contributed by atoms with Gasteiger partial charge in [-0.2, -0.15) is 0 Å². The predicted octanol–water partition coefficient (Wildman–Crippen LogP) is 1.24. The molecule has 0 N–H and O–H groups in total. The topological polar surface area (TPSA) is 83.5 Å². The zero-order valence-electron chi connectivity index (χ0n) is 14.0. The zero-order valence-corrected chi connectivity index (χ0v) is 15.6. The quantitative estimate of drug-likeness (QED) is 0.797. The van der Waals surface area contributed by atoms with E-state index in [0.717, 1.165) is 16.4 Å². The van der Waals surface area contributed by atoms with E-state index in [0.29, 0.717) is 32.6 Å². The van der Waals surface area contributed by atoms with Crippen molar-refractivity contribution < 1.29 is 13.2 Å². The van der Waals surface area contributed by atoms with E-state index in [1.165, 1.54) is 21.9 Å². The minimum absolute atomic E-state index is 0.0202. The summed E-state index contributed by atoms with van der Waals surface area (Å²) < 4.78 is 24.7. The molecule has 2 aromatic heterocycles. The minimum atomic E-state index is -3.21. The summed E-state index contributed by atoms with van der Waals surface area (Å²) in [5, 5.41) is 2.67. The first kappa shape index (κ1) is 18.0. The Balaban J connectivity index is 1.62. The highest BCUT2D eigenvalue weighted by atomic mass is 32.2. The van der Waals surface area contributed by atoms with Crippen LogP contribution < -0.4 is 0 Å². The lowest BCUT2D eigenvalue weighted by atomic mass is 10.3. The molecule has 3 heterocycles. The average molecular weight is 380 g/mol. The van der Waals surface area contributed by atoms with E-state index in [2.05, 4.69) is 9.97 Å². The van der Waals surface area contributed by atoms with E-state index in [4.69, 9.17) is 0 Å². The van der Waals surface area contributed by atoms with Crippen LogP contribution >= 0.6 is 11.3 Å². The molecule has 0 atom stereocenters. The fourth-order valence-corrected chi connectivity index (χ4v) is 4.41. The number of aromatic nitrogens is 2. The monoisotopic (exact) mass is 380 g/mol. The molecule has 0 unspecified atom stereocenters. The molecule has 0 bridgehead atoms. The molecule has 0 aliphatic carbocycles. The van der Waals surface area contributed by atoms with Gasteiger partial charge in [0, 0.05) is 37.8 Å². The van der Waals surface area contributed by atoms with Gasteiger partial charge in [0.05, 0.1) is 24.1 Å². The zero-order chi connectivity index (χ0) is 17.9. The second-order valence-corrected chi connectivity index (χ2v) is 8.77. The van der Waals surface area contributed by atoms with Crippen LogP contribution in [0.4, 0.5) is 0 Å². The van der Waals surface area contributed by atoms with Crippen LogP contribution in [-0.2, 0) is 21.2 Å². The van der Waals surface area contributed by atoms with Crippen molar-refractivity contribution in [3.8, 4) is 10.7 Å². The summed E-state index contributed by atoms with van der Waals surface area (Å²) in [5.74, 6) is -0.0202. The van der Waals surface area contributed by atoms with Crippen molar-refractivity contribution in [3.63, 3.8) is 0 Å². The van der Waals surface area contributed by atoms with Crippen LogP contribution in [0.3, 0.4) is 0 Å². The molecular formula is C16H20N4O3S2. The molecule has 1 fully saturated rings. The van der Waals surface area contributed by atoms with Gasteiger partial charge in [0.2, 0.25) is 15.9 Å². The Bertz CT molecular complexity index is 836. The number of amides is 1. The Labute approximate surface area is 151 Å². The van der Waals surface area contributed by atoms with Gasteiger partial charge < -0.3 is 4.90 Å².